The SMILES string of the molecule is O=C(O)CN(CC(=O)O)C(=O)C1CCCN1C(=O)C1CC1. The Hall–Kier alpha value is -2.12. The van der Waals surface area contributed by atoms with E-state index >= 15 is 0 Å². The lowest BCUT2D eigenvalue weighted by molar-refractivity contribution is -0.152. The molecule has 1 aliphatic heterocycles. The lowest BCUT2D eigenvalue weighted by atomic mass is 10.1. The van der Waals surface area contributed by atoms with Crippen molar-refractivity contribution in [3.63, 3.8) is 0 Å². The number of hydrogen-bond acceptors (Lipinski definition) is 4. The Morgan fingerprint density at radius 1 is 1.00 bits per heavy atom. The molecule has 2 rings (SSSR count). The molecule has 2 N–H and O–H groups in total. The van der Waals surface area contributed by atoms with Gasteiger partial charge in [-0.3, -0.25) is 19.2 Å². The van der Waals surface area contributed by atoms with Gasteiger partial charge in [-0.05, 0) is 25.7 Å². The molecule has 0 radical (unpaired) electrons. The first-order valence-corrected chi connectivity index (χ1v) is 6.93. The van der Waals surface area contributed by atoms with Crippen LogP contribution in [-0.2, 0) is 19.2 Å². The summed E-state index contributed by atoms with van der Waals surface area (Å²) in [6.07, 6.45) is 2.77. The van der Waals surface area contributed by atoms with Crippen LogP contribution in [0.25, 0.3) is 0 Å². The third-order valence-electron chi connectivity index (χ3n) is 3.71. The van der Waals surface area contributed by atoms with Gasteiger partial charge >= 0.3 is 11.9 Å². The quantitative estimate of drug-likeness (QED) is 0.675. The molecule has 2 amide bonds. The Morgan fingerprint density at radius 3 is 2.05 bits per heavy atom. The van der Waals surface area contributed by atoms with Crippen LogP contribution in [-0.4, -0.2) is 69.4 Å². The van der Waals surface area contributed by atoms with Crippen molar-refractivity contribution < 1.29 is 29.4 Å². The molecule has 0 aromatic carbocycles. The first-order valence-electron chi connectivity index (χ1n) is 6.93. The van der Waals surface area contributed by atoms with Gasteiger partial charge in [0.15, 0.2) is 0 Å². The second-order valence-corrected chi connectivity index (χ2v) is 5.45. The molecule has 8 nitrogen and oxygen atoms in total. The second kappa shape index (κ2) is 6.11. The minimum absolute atomic E-state index is 0.0224. The molecule has 0 spiro atoms. The summed E-state index contributed by atoms with van der Waals surface area (Å²) >= 11 is 0. The zero-order valence-electron chi connectivity index (χ0n) is 11.5. The Labute approximate surface area is 121 Å². The molecule has 116 valence electrons. The Balaban J connectivity index is 2.08. The third-order valence-corrected chi connectivity index (χ3v) is 3.71. The van der Waals surface area contributed by atoms with Crippen LogP contribution in [0.2, 0.25) is 0 Å². The van der Waals surface area contributed by atoms with Crippen LogP contribution in [0.5, 0.6) is 0 Å². The van der Waals surface area contributed by atoms with Crippen molar-refractivity contribution in [2.45, 2.75) is 31.7 Å². The second-order valence-electron chi connectivity index (χ2n) is 5.45. The number of aliphatic carboxylic acids is 2. The smallest absolute Gasteiger partial charge is 0.323 e. The van der Waals surface area contributed by atoms with Crippen LogP contribution < -0.4 is 0 Å². The van der Waals surface area contributed by atoms with Gasteiger partial charge in [0.05, 0.1) is 0 Å². The lowest BCUT2D eigenvalue weighted by Crippen LogP contribution is -2.50. The van der Waals surface area contributed by atoms with E-state index in [1.54, 1.807) is 0 Å². The van der Waals surface area contributed by atoms with E-state index in [2.05, 4.69) is 0 Å². The van der Waals surface area contributed by atoms with Gasteiger partial charge in [-0.1, -0.05) is 0 Å². The fourth-order valence-corrected chi connectivity index (χ4v) is 2.60. The summed E-state index contributed by atoms with van der Waals surface area (Å²) in [7, 11) is 0. The van der Waals surface area contributed by atoms with E-state index in [9.17, 15) is 19.2 Å². The summed E-state index contributed by atoms with van der Waals surface area (Å²) in [6.45, 7) is -0.875. The molecule has 0 aromatic heterocycles. The topological polar surface area (TPSA) is 115 Å². The van der Waals surface area contributed by atoms with Gasteiger partial charge in [-0.2, -0.15) is 0 Å². The molecule has 2 aliphatic rings. The van der Waals surface area contributed by atoms with Gasteiger partial charge in [-0.15, -0.1) is 0 Å². The predicted octanol–water partition coefficient (Wildman–Crippen LogP) is -0.615. The number of amides is 2. The van der Waals surface area contributed by atoms with Crippen molar-refractivity contribution in [1.82, 2.24) is 9.80 Å². The molecule has 1 saturated heterocycles. The molecular weight excluding hydrogens is 280 g/mol. The van der Waals surface area contributed by atoms with Crippen LogP contribution >= 0.6 is 0 Å². The van der Waals surface area contributed by atoms with Gasteiger partial charge in [0, 0.05) is 12.5 Å². The number of likely N-dealkylation sites (tertiary alicyclic amines) is 1. The maximum atomic E-state index is 12.4. The van der Waals surface area contributed by atoms with Crippen molar-refractivity contribution >= 4 is 23.8 Å². The third kappa shape index (κ3) is 3.71. The van der Waals surface area contributed by atoms with Gasteiger partial charge in [0.25, 0.3) is 0 Å². The molecule has 8 heteroatoms. The van der Waals surface area contributed by atoms with E-state index in [-0.39, 0.29) is 11.8 Å². The molecule has 1 heterocycles. The van der Waals surface area contributed by atoms with Crippen LogP contribution in [0.4, 0.5) is 0 Å². The number of carboxylic acid groups (broad SMARTS) is 2. The van der Waals surface area contributed by atoms with E-state index in [1.165, 1.54) is 4.90 Å². The summed E-state index contributed by atoms with van der Waals surface area (Å²) in [5, 5.41) is 17.6. The molecule has 21 heavy (non-hydrogen) atoms. The van der Waals surface area contributed by atoms with Crippen LogP contribution in [0, 0.1) is 5.92 Å². The lowest BCUT2D eigenvalue weighted by Gasteiger charge is -2.28. The highest BCUT2D eigenvalue weighted by Crippen LogP contribution is 2.34. The predicted molar refractivity (Wildman–Crippen MR) is 69.3 cm³/mol. The van der Waals surface area contributed by atoms with Crippen molar-refractivity contribution in [2.75, 3.05) is 19.6 Å². The number of rotatable bonds is 6. The zero-order valence-corrected chi connectivity index (χ0v) is 11.5. The monoisotopic (exact) mass is 298 g/mol. The summed E-state index contributed by atoms with van der Waals surface area (Å²) in [5.41, 5.74) is 0. The highest BCUT2D eigenvalue weighted by Gasteiger charge is 2.42. The fourth-order valence-electron chi connectivity index (χ4n) is 2.60. The van der Waals surface area contributed by atoms with E-state index in [1.807, 2.05) is 0 Å². The molecular formula is C13H18N2O6. The molecule has 2 fully saturated rings. The molecule has 0 bridgehead atoms. The van der Waals surface area contributed by atoms with Gasteiger partial charge < -0.3 is 20.0 Å². The van der Waals surface area contributed by atoms with Crippen LogP contribution in [0.15, 0.2) is 0 Å². The van der Waals surface area contributed by atoms with Gasteiger partial charge in [0.2, 0.25) is 11.8 Å². The number of hydrogen-bond donors (Lipinski definition) is 2. The fraction of sp³-hybridized carbons (Fsp3) is 0.692. The van der Waals surface area contributed by atoms with Crippen molar-refractivity contribution in [3.05, 3.63) is 0 Å². The van der Waals surface area contributed by atoms with Gasteiger partial charge in [0.1, 0.15) is 19.1 Å². The normalized spacial score (nSPS) is 21.1. The Kier molecular flexibility index (Phi) is 4.44. The summed E-state index contributed by atoms with van der Waals surface area (Å²) in [4.78, 5) is 48.3. The van der Waals surface area contributed by atoms with E-state index in [4.69, 9.17) is 10.2 Å². The minimum atomic E-state index is -1.28. The first-order chi connectivity index (χ1) is 9.90. The molecule has 1 atom stereocenters. The maximum absolute atomic E-state index is 12.4. The number of carbonyl (C=O) groups excluding carboxylic acids is 2. The maximum Gasteiger partial charge on any atom is 0.323 e. The van der Waals surface area contributed by atoms with E-state index in [0.29, 0.717) is 19.4 Å². The average molecular weight is 298 g/mol. The highest BCUT2D eigenvalue weighted by molar-refractivity contribution is 5.92. The largest absolute Gasteiger partial charge is 0.480 e. The van der Waals surface area contributed by atoms with E-state index < -0.39 is 37.0 Å². The Morgan fingerprint density at radius 2 is 1.57 bits per heavy atom. The first kappa shape index (κ1) is 15.3. The molecule has 1 aliphatic carbocycles. The number of carboxylic acids is 2. The summed E-state index contributed by atoms with van der Waals surface area (Å²) in [6, 6.07) is -0.725. The zero-order chi connectivity index (χ0) is 15.6. The Bertz CT molecular complexity index is 457. The van der Waals surface area contributed by atoms with Gasteiger partial charge in [-0.25, -0.2) is 0 Å². The molecule has 1 unspecified atom stereocenters. The average Bonchev–Trinajstić information content (AvgIpc) is 3.12. The summed E-state index contributed by atoms with van der Waals surface area (Å²) in [5.74, 6) is -3.24. The van der Waals surface area contributed by atoms with Crippen LogP contribution in [0.1, 0.15) is 25.7 Å². The number of carbonyl (C=O) groups is 4. The van der Waals surface area contributed by atoms with Crippen molar-refractivity contribution in [1.29, 1.82) is 0 Å². The van der Waals surface area contributed by atoms with Crippen molar-refractivity contribution in [3.8, 4) is 0 Å². The minimum Gasteiger partial charge on any atom is -0.480 e. The number of nitrogens with zero attached hydrogens (tertiary/aromatic N) is 2. The van der Waals surface area contributed by atoms with Crippen molar-refractivity contribution in [2.24, 2.45) is 5.92 Å². The van der Waals surface area contributed by atoms with Crippen LogP contribution in [0.3, 0.4) is 0 Å². The standard InChI is InChI=1S/C13H18N2O6/c16-10(17)6-14(7-11(18)19)13(21)9-2-1-5-15(9)12(20)8-3-4-8/h8-9H,1-7H2,(H,16,17)(H,18,19). The summed E-state index contributed by atoms with van der Waals surface area (Å²) < 4.78 is 0. The molecule has 0 aromatic rings. The van der Waals surface area contributed by atoms with E-state index in [0.717, 1.165) is 17.7 Å². The molecule has 1 saturated carbocycles. The highest BCUT2D eigenvalue weighted by atomic mass is 16.4.